The van der Waals surface area contributed by atoms with Gasteiger partial charge in [0.25, 0.3) is 16.1 Å². The van der Waals surface area contributed by atoms with E-state index in [1.54, 1.807) is 13.2 Å². The molecule has 2 aromatic rings. The molecule has 0 aliphatic carbocycles. The zero-order valence-corrected chi connectivity index (χ0v) is 16.5. The monoisotopic (exact) mass is 400 g/mol. The summed E-state index contributed by atoms with van der Waals surface area (Å²) in [6.45, 7) is 0.612. The third kappa shape index (κ3) is 3.45. The van der Waals surface area contributed by atoms with E-state index >= 15 is 0 Å². The van der Waals surface area contributed by atoms with Gasteiger partial charge in [-0.05, 0) is 0 Å². The van der Waals surface area contributed by atoms with Gasteiger partial charge in [-0.1, -0.05) is 0 Å². The molecule has 0 saturated carbocycles. The molecule has 0 saturated heterocycles. The summed E-state index contributed by atoms with van der Waals surface area (Å²) in [6.07, 6.45) is 2.07. The number of anilines is 1. The van der Waals surface area contributed by atoms with Crippen LogP contribution in [-0.4, -0.2) is 65.4 Å². The molecule has 0 aromatic carbocycles. The average Bonchev–Trinajstić information content (AvgIpc) is 3.16. The summed E-state index contributed by atoms with van der Waals surface area (Å²) < 4.78 is 33.7. The van der Waals surface area contributed by atoms with Crippen LogP contribution < -0.4 is 10.1 Å². The molecule has 26 heavy (non-hydrogen) atoms. The molecule has 0 unspecified atom stereocenters. The number of carbonyl (C=O) groups is 1. The lowest BCUT2D eigenvalue weighted by atomic mass is 10.2. The van der Waals surface area contributed by atoms with Crippen LogP contribution in [0.4, 0.5) is 5.13 Å². The third-order valence-corrected chi connectivity index (χ3v) is 6.82. The first-order chi connectivity index (χ1) is 12.2. The molecule has 142 valence electrons. The molecule has 10 nitrogen and oxygen atoms in total. The second kappa shape index (κ2) is 6.95. The molecule has 0 fully saturated rings. The summed E-state index contributed by atoms with van der Waals surface area (Å²) in [7, 11) is 2.67. The largest absolute Gasteiger partial charge is 0.479 e. The number of hydrogen-bond acceptors (Lipinski definition) is 7. The Morgan fingerprint density at radius 3 is 2.81 bits per heavy atom. The Balaban J connectivity index is 1.77. The van der Waals surface area contributed by atoms with Gasteiger partial charge >= 0.3 is 0 Å². The highest BCUT2D eigenvalue weighted by atomic mass is 32.2. The molecular weight excluding hydrogens is 380 g/mol. The van der Waals surface area contributed by atoms with Crippen molar-refractivity contribution in [1.29, 1.82) is 0 Å². The number of amides is 1. The van der Waals surface area contributed by atoms with Crippen LogP contribution in [0.15, 0.2) is 6.20 Å². The fraction of sp³-hybridized carbons (Fsp3) is 0.500. The Labute approximate surface area is 155 Å². The van der Waals surface area contributed by atoms with E-state index in [2.05, 4.69) is 15.4 Å². The summed E-state index contributed by atoms with van der Waals surface area (Å²) in [5.41, 5.74) is 1.12. The van der Waals surface area contributed by atoms with Crippen LogP contribution in [0.3, 0.4) is 0 Å². The maximum absolute atomic E-state index is 12.4. The zero-order valence-electron chi connectivity index (χ0n) is 14.9. The number of nitrogens with one attached hydrogen (secondary N) is 1. The highest BCUT2D eigenvalue weighted by Crippen LogP contribution is 2.30. The SMILES string of the molecule is COc1nn(C)cc1C(=O)Nc1nc2c(s1)CN(S(=O)(=O)N(C)C)CC2. The van der Waals surface area contributed by atoms with E-state index in [0.29, 0.717) is 23.7 Å². The summed E-state index contributed by atoms with van der Waals surface area (Å²) >= 11 is 1.27. The van der Waals surface area contributed by atoms with Crippen molar-refractivity contribution in [2.45, 2.75) is 13.0 Å². The molecule has 3 heterocycles. The Morgan fingerprint density at radius 1 is 1.42 bits per heavy atom. The fourth-order valence-electron chi connectivity index (χ4n) is 2.59. The number of aromatic nitrogens is 3. The normalized spacial score (nSPS) is 15.1. The van der Waals surface area contributed by atoms with Crippen molar-refractivity contribution in [3.63, 3.8) is 0 Å². The number of fused-ring (bicyclic) bond motifs is 1. The van der Waals surface area contributed by atoms with Crippen molar-refractivity contribution in [2.75, 3.05) is 33.1 Å². The number of aryl methyl sites for hydroxylation is 1. The maximum Gasteiger partial charge on any atom is 0.281 e. The predicted molar refractivity (Wildman–Crippen MR) is 96.5 cm³/mol. The number of thiazole rings is 1. The quantitative estimate of drug-likeness (QED) is 0.773. The molecule has 0 bridgehead atoms. The lowest BCUT2D eigenvalue weighted by molar-refractivity contribution is 0.102. The summed E-state index contributed by atoms with van der Waals surface area (Å²) in [5.74, 6) is -0.145. The van der Waals surface area contributed by atoms with E-state index in [9.17, 15) is 13.2 Å². The highest BCUT2D eigenvalue weighted by Gasteiger charge is 2.31. The van der Waals surface area contributed by atoms with E-state index in [0.717, 1.165) is 10.6 Å². The summed E-state index contributed by atoms with van der Waals surface area (Å²) in [6, 6.07) is 0. The van der Waals surface area contributed by atoms with Crippen LogP contribution in [0.2, 0.25) is 0 Å². The number of methoxy groups -OCH3 is 1. The van der Waals surface area contributed by atoms with Crippen molar-refractivity contribution < 1.29 is 17.9 Å². The Morgan fingerprint density at radius 2 is 2.15 bits per heavy atom. The summed E-state index contributed by atoms with van der Waals surface area (Å²) in [4.78, 5) is 17.7. The molecule has 12 heteroatoms. The lowest BCUT2D eigenvalue weighted by Gasteiger charge is -2.27. The Bertz CT molecular complexity index is 933. The number of carbonyl (C=O) groups excluding carboxylic acids is 1. The topological polar surface area (TPSA) is 110 Å². The molecule has 0 radical (unpaired) electrons. The minimum Gasteiger partial charge on any atom is -0.479 e. The van der Waals surface area contributed by atoms with Crippen LogP contribution >= 0.6 is 11.3 Å². The van der Waals surface area contributed by atoms with Crippen molar-refractivity contribution in [2.24, 2.45) is 7.05 Å². The minimum atomic E-state index is -3.48. The number of nitrogens with zero attached hydrogens (tertiary/aromatic N) is 5. The summed E-state index contributed by atoms with van der Waals surface area (Å²) in [5, 5.41) is 7.21. The lowest BCUT2D eigenvalue weighted by Crippen LogP contribution is -2.42. The molecular formula is C14H20N6O4S2. The first kappa shape index (κ1) is 18.8. The zero-order chi connectivity index (χ0) is 19.1. The van der Waals surface area contributed by atoms with Gasteiger partial charge in [-0.2, -0.15) is 17.0 Å². The molecule has 1 aliphatic heterocycles. The predicted octanol–water partition coefficient (Wildman–Crippen LogP) is 0.302. The van der Waals surface area contributed by atoms with E-state index < -0.39 is 10.2 Å². The van der Waals surface area contributed by atoms with Gasteiger partial charge in [0.15, 0.2) is 5.13 Å². The van der Waals surface area contributed by atoms with Gasteiger partial charge < -0.3 is 4.74 Å². The second-order valence-corrected chi connectivity index (χ2v) is 9.17. The number of rotatable bonds is 5. The molecule has 1 N–H and O–H groups in total. The Kier molecular flexibility index (Phi) is 5.01. The van der Waals surface area contributed by atoms with E-state index in [4.69, 9.17) is 4.74 Å². The van der Waals surface area contributed by atoms with Gasteiger partial charge in [0.1, 0.15) is 5.56 Å². The highest BCUT2D eigenvalue weighted by molar-refractivity contribution is 7.86. The van der Waals surface area contributed by atoms with Gasteiger partial charge in [-0.25, -0.2) is 4.98 Å². The van der Waals surface area contributed by atoms with Gasteiger partial charge in [-0.15, -0.1) is 16.4 Å². The van der Waals surface area contributed by atoms with Crippen molar-refractivity contribution in [1.82, 2.24) is 23.4 Å². The van der Waals surface area contributed by atoms with Gasteiger partial charge in [0, 0.05) is 45.2 Å². The van der Waals surface area contributed by atoms with E-state index in [1.807, 2.05) is 0 Å². The standard InChI is InChI=1S/C14H20N6O4S2/c1-18(2)26(22,23)20-6-5-10-11(8-20)25-14(15-10)16-12(21)9-7-19(3)17-13(9)24-4/h7H,5-6,8H2,1-4H3,(H,15,16,21). The second-order valence-electron chi connectivity index (χ2n) is 5.94. The molecule has 2 aromatic heterocycles. The van der Waals surface area contributed by atoms with Gasteiger partial charge in [-0.3, -0.25) is 14.8 Å². The average molecular weight is 400 g/mol. The van der Waals surface area contributed by atoms with Gasteiger partial charge in [0.05, 0.1) is 19.3 Å². The first-order valence-electron chi connectivity index (χ1n) is 7.77. The Hall–Kier alpha value is -2.02. The van der Waals surface area contributed by atoms with Crippen LogP contribution in [0.5, 0.6) is 5.88 Å². The molecule has 1 aliphatic rings. The smallest absolute Gasteiger partial charge is 0.281 e. The molecule has 0 atom stereocenters. The van der Waals surface area contributed by atoms with Crippen molar-refractivity contribution in [3.05, 3.63) is 22.3 Å². The van der Waals surface area contributed by atoms with Crippen LogP contribution in [0, 0.1) is 0 Å². The van der Waals surface area contributed by atoms with Crippen LogP contribution in [-0.2, 0) is 30.2 Å². The van der Waals surface area contributed by atoms with Gasteiger partial charge in [0.2, 0.25) is 5.88 Å². The first-order valence-corrected chi connectivity index (χ1v) is 9.99. The van der Waals surface area contributed by atoms with Crippen LogP contribution in [0.1, 0.15) is 20.9 Å². The van der Waals surface area contributed by atoms with E-state index in [-0.39, 0.29) is 18.3 Å². The minimum absolute atomic E-state index is 0.231. The maximum atomic E-state index is 12.4. The van der Waals surface area contributed by atoms with Crippen molar-refractivity contribution >= 4 is 32.6 Å². The number of hydrogen-bond donors (Lipinski definition) is 1. The van der Waals surface area contributed by atoms with Crippen LogP contribution in [0.25, 0.3) is 0 Å². The molecule has 3 rings (SSSR count). The fourth-order valence-corrected chi connectivity index (χ4v) is 4.77. The van der Waals surface area contributed by atoms with Crippen molar-refractivity contribution in [3.8, 4) is 5.88 Å². The number of ether oxygens (including phenoxy) is 1. The molecule has 1 amide bonds. The van der Waals surface area contributed by atoms with E-state index in [1.165, 1.54) is 45.8 Å². The third-order valence-electron chi connectivity index (χ3n) is 3.94. The molecule has 0 spiro atoms.